The molecule has 0 unspecified atom stereocenters. The Morgan fingerprint density at radius 2 is 2.12 bits per heavy atom. The molecule has 26 heavy (non-hydrogen) atoms. The Morgan fingerprint density at radius 1 is 1.31 bits per heavy atom. The summed E-state index contributed by atoms with van der Waals surface area (Å²) in [6.45, 7) is 2.08. The first kappa shape index (κ1) is 17.7. The summed E-state index contributed by atoms with van der Waals surface area (Å²) in [7, 11) is 1.75. The van der Waals surface area contributed by atoms with E-state index in [0.29, 0.717) is 29.3 Å². The fraction of sp³-hybridized carbons (Fsp3) is 0.500. The van der Waals surface area contributed by atoms with Crippen LogP contribution in [0.4, 0.5) is 0 Å². The number of methoxy groups -OCH3 is 1. The fourth-order valence-corrected chi connectivity index (χ4v) is 4.40. The normalized spacial score (nSPS) is 22.7. The van der Waals surface area contributed by atoms with Gasteiger partial charge in [0.25, 0.3) is 5.91 Å². The van der Waals surface area contributed by atoms with Gasteiger partial charge in [-0.1, -0.05) is 29.8 Å². The minimum atomic E-state index is -0.246. The molecule has 1 aromatic heterocycles. The molecule has 2 aliphatic rings. The van der Waals surface area contributed by atoms with Crippen molar-refractivity contribution in [1.82, 2.24) is 9.88 Å². The van der Waals surface area contributed by atoms with Crippen molar-refractivity contribution < 1.29 is 14.3 Å². The summed E-state index contributed by atoms with van der Waals surface area (Å²) in [5.74, 6) is -0.0496. The summed E-state index contributed by atoms with van der Waals surface area (Å²) >= 11 is 6.23. The molecule has 2 aliphatic heterocycles. The van der Waals surface area contributed by atoms with Crippen LogP contribution in [-0.4, -0.2) is 54.3 Å². The van der Waals surface area contributed by atoms with E-state index in [1.54, 1.807) is 19.2 Å². The number of carbonyl (C=O) groups excluding carboxylic acids is 1. The van der Waals surface area contributed by atoms with Crippen molar-refractivity contribution >= 4 is 28.4 Å². The number of likely N-dealkylation sites (tertiary alicyclic amines) is 1. The highest BCUT2D eigenvalue weighted by Crippen LogP contribution is 2.37. The zero-order valence-electron chi connectivity index (χ0n) is 14.9. The minimum Gasteiger partial charge on any atom is -0.378 e. The van der Waals surface area contributed by atoms with E-state index in [4.69, 9.17) is 21.1 Å². The van der Waals surface area contributed by atoms with Gasteiger partial charge >= 0.3 is 0 Å². The van der Waals surface area contributed by atoms with Crippen LogP contribution in [0.3, 0.4) is 0 Å². The van der Waals surface area contributed by atoms with Gasteiger partial charge in [-0.15, -0.1) is 0 Å². The third-order valence-electron chi connectivity index (χ3n) is 5.66. The number of aromatic nitrogens is 1. The molecule has 0 aliphatic carbocycles. The number of hydrogen-bond donors (Lipinski definition) is 0. The summed E-state index contributed by atoms with van der Waals surface area (Å²) in [6, 6.07) is 9.30. The SMILES string of the molecule is CO[C@H]1CCCOC12CCN(C(=O)c1ccc3cccc(Cl)c3n1)CC2. The summed E-state index contributed by atoms with van der Waals surface area (Å²) in [4.78, 5) is 19.3. The van der Waals surface area contributed by atoms with Crippen LogP contribution < -0.4 is 0 Å². The van der Waals surface area contributed by atoms with E-state index in [2.05, 4.69) is 4.98 Å². The van der Waals surface area contributed by atoms with Gasteiger partial charge in [0.15, 0.2) is 0 Å². The van der Waals surface area contributed by atoms with E-state index < -0.39 is 0 Å². The molecule has 3 heterocycles. The van der Waals surface area contributed by atoms with E-state index in [9.17, 15) is 4.79 Å². The number of nitrogens with zero attached hydrogens (tertiary/aromatic N) is 2. The molecular weight excluding hydrogens is 352 g/mol. The zero-order chi connectivity index (χ0) is 18.1. The number of pyridine rings is 1. The molecule has 0 saturated carbocycles. The van der Waals surface area contributed by atoms with Gasteiger partial charge in [0.1, 0.15) is 5.69 Å². The number of rotatable bonds is 2. The van der Waals surface area contributed by atoms with Crippen molar-refractivity contribution in [3.05, 3.63) is 41.0 Å². The van der Waals surface area contributed by atoms with E-state index >= 15 is 0 Å². The highest BCUT2D eigenvalue weighted by atomic mass is 35.5. The first-order chi connectivity index (χ1) is 12.6. The maximum absolute atomic E-state index is 12.9. The largest absolute Gasteiger partial charge is 0.378 e. The van der Waals surface area contributed by atoms with Crippen molar-refractivity contribution in [2.75, 3.05) is 26.8 Å². The van der Waals surface area contributed by atoms with E-state index in [1.807, 2.05) is 23.1 Å². The number of piperidine rings is 1. The van der Waals surface area contributed by atoms with Gasteiger partial charge in [-0.05, 0) is 37.8 Å². The number of fused-ring (bicyclic) bond motifs is 1. The number of benzene rings is 1. The van der Waals surface area contributed by atoms with Gasteiger partial charge in [0.05, 0.1) is 22.2 Å². The average Bonchev–Trinajstić information content (AvgIpc) is 2.68. The number of hydrogen-bond acceptors (Lipinski definition) is 4. The van der Waals surface area contributed by atoms with Crippen LogP contribution in [0, 0.1) is 0 Å². The van der Waals surface area contributed by atoms with Crippen LogP contribution in [-0.2, 0) is 9.47 Å². The standard InChI is InChI=1S/C20H23ClN2O3/c1-25-17-6-3-13-26-20(17)9-11-23(12-10-20)19(24)16-8-7-14-4-2-5-15(21)18(14)22-16/h2,4-5,7-8,17H,3,6,9-13H2,1H3/t17-/m0/s1. The van der Waals surface area contributed by atoms with Crippen LogP contribution >= 0.6 is 11.6 Å². The number of para-hydroxylation sites is 1. The van der Waals surface area contributed by atoms with Crippen LogP contribution in [0.2, 0.25) is 5.02 Å². The van der Waals surface area contributed by atoms with Crippen LogP contribution in [0.25, 0.3) is 10.9 Å². The molecule has 2 fully saturated rings. The lowest BCUT2D eigenvalue weighted by Crippen LogP contribution is -2.56. The van der Waals surface area contributed by atoms with Gasteiger partial charge in [0, 0.05) is 32.2 Å². The molecular formula is C20H23ClN2O3. The van der Waals surface area contributed by atoms with Gasteiger partial charge in [-0.2, -0.15) is 0 Å². The second kappa shape index (κ2) is 7.14. The quantitative estimate of drug-likeness (QED) is 0.804. The number of ether oxygens (including phenoxy) is 2. The van der Waals surface area contributed by atoms with Crippen LogP contribution in [0.5, 0.6) is 0 Å². The van der Waals surface area contributed by atoms with E-state index in [0.717, 1.165) is 37.7 Å². The first-order valence-corrected chi connectivity index (χ1v) is 9.52. The Bertz CT molecular complexity index is 818. The van der Waals surface area contributed by atoms with Crippen molar-refractivity contribution in [1.29, 1.82) is 0 Å². The highest BCUT2D eigenvalue weighted by Gasteiger charge is 2.45. The van der Waals surface area contributed by atoms with Gasteiger partial charge in [-0.3, -0.25) is 4.79 Å². The van der Waals surface area contributed by atoms with Gasteiger partial charge in [-0.25, -0.2) is 4.98 Å². The Balaban J connectivity index is 1.51. The topological polar surface area (TPSA) is 51.7 Å². The lowest BCUT2D eigenvalue weighted by atomic mass is 9.82. The first-order valence-electron chi connectivity index (χ1n) is 9.14. The highest BCUT2D eigenvalue weighted by molar-refractivity contribution is 6.35. The zero-order valence-corrected chi connectivity index (χ0v) is 15.7. The van der Waals surface area contributed by atoms with Crippen LogP contribution in [0.15, 0.2) is 30.3 Å². The second-order valence-electron chi connectivity index (χ2n) is 7.08. The third-order valence-corrected chi connectivity index (χ3v) is 5.96. The molecule has 1 atom stereocenters. The van der Waals surface area contributed by atoms with Crippen LogP contribution in [0.1, 0.15) is 36.2 Å². The average molecular weight is 375 g/mol. The smallest absolute Gasteiger partial charge is 0.272 e. The van der Waals surface area contributed by atoms with Crippen molar-refractivity contribution in [2.45, 2.75) is 37.4 Å². The number of carbonyl (C=O) groups is 1. The third kappa shape index (κ3) is 3.08. The molecule has 4 rings (SSSR count). The maximum atomic E-state index is 12.9. The number of amides is 1. The molecule has 0 N–H and O–H groups in total. The monoisotopic (exact) mass is 374 g/mol. The molecule has 1 aromatic carbocycles. The molecule has 0 radical (unpaired) electrons. The predicted molar refractivity (Wildman–Crippen MR) is 101 cm³/mol. The minimum absolute atomic E-state index is 0.0496. The lowest BCUT2D eigenvalue weighted by Gasteiger charge is -2.47. The van der Waals surface area contributed by atoms with Crippen molar-refractivity contribution in [2.24, 2.45) is 0 Å². The number of halogens is 1. The summed E-state index contributed by atoms with van der Waals surface area (Å²) in [6.07, 6.45) is 3.77. The molecule has 2 saturated heterocycles. The van der Waals surface area contributed by atoms with Gasteiger partial charge < -0.3 is 14.4 Å². The van der Waals surface area contributed by atoms with E-state index in [-0.39, 0.29) is 17.6 Å². The Labute approximate surface area is 158 Å². The maximum Gasteiger partial charge on any atom is 0.272 e. The summed E-state index contributed by atoms with van der Waals surface area (Å²) in [5.41, 5.74) is 0.863. The van der Waals surface area contributed by atoms with Crippen molar-refractivity contribution in [3.63, 3.8) is 0 Å². The van der Waals surface area contributed by atoms with E-state index in [1.165, 1.54) is 0 Å². The fourth-order valence-electron chi connectivity index (χ4n) is 4.18. The summed E-state index contributed by atoms with van der Waals surface area (Å²) in [5, 5.41) is 1.50. The second-order valence-corrected chi connectivity index (χ2v) is 7.49. The van der Waals surface area contributed by atoms with Crippen molar-refractivity contribution in [3.8, 4) is 0 Å². The molecule has 0 bridgehead atoms. The predicted octanol–water partition coefficient (Wildman–Crippen LogP) is 3.69. The molecule has 6 heteroatoms. The Morgan fingerprint density at radius 3 is 2.88 bits per heavy atom. The molecule has 2 aromatic rings. The molecule has 1 spiro atoms. The summed E-state index contributed by atoms with van der Waals surface area (Å²) < 4.78 is 11.8. The molecule has 5 nitrogen and oxygen atoms in total. The van der Waals surface area contributed by atoms with Gasteiger partial charge in [0.2, 0.25) is 0 Å². The molecule has 1 amide bonds. The lowest BCUT2D eigenvalue weighted by molar-refractivity contribution is -0.183. The Hall–Kier alpha value is -1.69. The molecule has 138 valence electrons. The Kier molecular flexibility index (Phi) is 4.86.